The van der Waals surface area contributed by atoms with E-state index in [9.17, 15) is 9.59 Å². The van der Waals surface area contributed by atoms with Crippen LogP contribution in [0.5, 0.6) is 5.75 Å². The van der Waals surface area contributed by atoms with Gasteiger partial charge in [0.15, 0.2) is 0 Å². The van der Waals surface area contributed by atoms with Gasteiger partial charge in [-0.25, -0.2) is 4.79 Å². The second-order valence-corrected chi connectivity index (χ2v) is 5.78. The molecule has 6 nitrogen and oxygen atoms in total. The molecule has 132 valence electrons. The van der Waals surface area contributed by atoms with E-state index in [2.05, 4.69) is 16.0 Å². The molecule has 7 heteroatoms. The number of rotatable bonds is 6. The van der Waals surface area contributed by atoms with Gasteiger partial charge >= 0.3 is 6.03 Å². The monoisotopic (exact) mass is 361 g/mol. The highest BCUT2D eigenvalue weighted by Gasteiger charge is 2.16. The molecule has 0 radical (unpaired) electrons. The van der Waals surface area contributed by atoms with Crippen molar-refractivity contribution >= 4 is 29.2 Å². The number of hydrogen-bond donors (Lipinski definition) is 3. The minimum absolute atomic E-state index is 0.343. The third kappa shape index (κ3) is 5.69. The Kier molecular flexibility index (Phi) is 6.65. The van der Waals surface area contributed by atoms with E-state index in [0.29, 0.717) is 23.0 Å². The van der Waals surface area contributed by atoms with E-state index < -0.39 is 18.0 Å². The average molecular weight is 362 g/mol. The summed E-state index contributed by atoms with van der Waals surface area (Å²) in [7, 11) is 1.53. The highest BCUT2D eigenvalue weighted by molar-refractivity contribution is 6.32. The summed E-state index contributed by atoms with van der Waals surface area (Å²) in [6, 6.07) is 13.4. The predicted octanol–water partition coefficient (Wildman–Crippen LogP) is 3.18. The van der Waals surface area contributed by atoms with Crippen LogP contribution in [0.25, 0.3) is 0 Å². The molecule has 0 aliphatic carbocycles. The number of ether oxygens (including phenoxy) is 1. The molecule has 2 aromatic rings. The topological polar surface area (TPSA) is 79.5 Å². The van der Waals surface area contributed by atoms with Crippen LogP contribution in [0.2, 0.25) is 5.02 Å². The van der Waals surface area contributed by atoms with Crippen LogP contribution in [0, 0.1) is 0 Å². The van der Waals surface area contributed by atoms with Gasteiger partial charge in [0.1, 0.15) is 11.8 Å². The maximum atomic E-state index is 12.1. The number of urea groups is 1. The number of amides is 3. The second kappa shape index (κ2) is 8.94. The first-order valence-electron chi connectivity index (χ1n) is 7.72. The molecule has 0 fully saturated rings. The summed E-state index contributed by atoms with van der Waals surface area (Å²) in [6.45, 7) is 1.99. The number of hydrogen-bond acceptors (Lipinski definition) is 4. The molecule has 3 N–H and O–H groups in total. The normalized spacial score (nSPS) is 11.3. The molecule has 0 spiro atoms. The van der Waals surface area contributed by atoms with Crippen molar-refractivity contribution in [2.24, 2.45) is 0 Å². The van der Waals surface area contributed by atoms with Crippen molar-refractivity contribution in [3.05, 3.63) is 59.1 Å². The quantitative estimate of drug-likeness (QED) is 0.738. The highest BCUT2D eigenvalue weighted by Crippen LogP contribution is 2.27. The number of carbonyl (C=O) groups is 2. The lowest BCUT2D eigenvalue weighted by Crippen LogP contribution is -2.45. The molecule has 1 atom stereocenters. The number of benzene rings is 2. The maximum Gasteiger partial charge on any atom is 0.321 e. The summed E-state index contributed by atoms with van der Waals surface area (Å²) < 4.78 is 5.08. The standard InChI is InChI=1S/C18H20ClN3O3/c1-12(21-14-8-9-16(25-2)15(19)10-14)17(23)22-18(24)20-11-13-6-4-3-5-7-13/h3-10,12,21H,11H2,1-2H3,(H2,20,22,23,24). The largest absolute Gasteiger partial charge is 0.495 e. The minimum atomic E-state index is -0.619. The van der Waals surface area contributed by atoms with Crippen LogP contribution in [0.4, 0.5) is 10.5 Å². The molecule has 0 aliphatic rings. The Balaban J connectivity index is 1.83. The highest BCUT2D eigenvalue weighted by atomic mass is 35.5. The third-order valence-corrected chi connectivity index (χ3v) is 3.76. The van der Waals surface area contributed by atoms with E-state index in [1.807, 2.05) is 30.3 Å². The van der Waals surface area contributed by atoms with Gasteiger partial charge in [0, 0.05) is 12.2 Å². The van der Waals surface area contributed by atoms with Gasteiger partial charge in [-0.3, -0.25) is 10.1 Å². The summed E-state index contributed by atoms with van der Waals surface area (Å²) in [5.41, 5.74) is 1.60. The van der Waals surface area contributed by atoms with E-state index in [4.69, 9.17) is 16.3 Å². The van der Waals surface area contributed by atoms with Gasteiger partial charge in [0.05, 0.1) is 12.1 Å². The SMILES string of the molecule is COc1ccc(NC(C)C(=O)NC(=O)NCc2ccccc2)cc1Cl. The molecule has 25 heavy (non-hydrogen) atoms. The van der Waals surface area contributed by atoms with Crippen molar-refractivity contribution in [1.29, 1.82) is 0 Å². The predicted molar refractivity (Wildman–Crippen MR) is 97.9 cm³/mol. The van der Waals surface area contributed by atoms with E-state index in [1.165, 1.54) is 7.11 Å². The number of carbonyl (C=O) groups excluding carboxylic acids is 2. The van der Waals surface area contributed by atoms with Crippen molar-refractivity contribution in [2.45, 2.75) is 19.5 Å². The van der Waals surface area contributed by atoms with Crippen LogP contribution in [0.15, 0.2) is 48.5 Å². The molecule has 0 saturated heterocycles. The number of imide groups is 1. The first kappa shape index (κ1) is 18.6. The number of halogens is 1. The lowest BCUT2D eigenvalue weighted by molar-refractivity contribution is -0.120. The van der Waals surface area contributed by atoms with Crippen LogP contribution in [-0.4, -0.2) is 25.1 Å². The lowest BCUT2D eigenvalue weighted by atomic mass is 10.2. The van der Waals surface area contributed by atoms with Crippen LogP contribution in [-0.2, 0) is 11.3 Å². The first-order chi connectivity index (χ1) is 12.0. The molecule has 0 aromatic heterocycles. The Labute approximate surface area is 151 Å². The van der Waals surface area contributed by atoms with Crippen LogP contribution >= 0.6 is 11.6 Å². The Morgan fingerprint density at radius 2 is 1.88 bits per heavy atom. The molecule has 2 rings (SSSR count). The fourth-order valence-electron chi connectivity index (χ4n) is 2.11. The van der Waals surface area contributed by atoms with Gasteiger partial charge < -0.3 is 15.4 Å². The Hall–Kier alpha value is -2.73. The van der Waals surface area contributed by atoms with Gasteiger partial charge in [0.25, 0.3) is 0 Å². The fraction of sp³-hybridized carbons (Fsp3) is 0.222. The van der Waals surface area contributed by atoms with Gasteiger partial charge in [-0.2, -0.15) is 0 Å². The lowest BCUT2D eigenvalue weighted by Gasteiger charge is -2.16. The summed E-state index contributed by atoms with van der Waals surface area (Å²) >= 11 is 6.05. The molecule has 0 saturated carbocycles. The smallest absolute Gasteiger partial charge is 0.321 e. The van der Waals surface area contributed by atoms with Crippen LogP contribution in [0.1, 0.15) is 12.5 Å². The Morgan fingerprint density at radius 1 is 1.16 bits per heavy atom. The van der Waals surface area contributed by atoms with Gasteiger partial charge in [-0.15, -0.1) is 0 Å². The maximum absolute atomic E-state index is 12.1. The van der Waals surface area contributed by atoms with E-state index >= 15 is 0 Å². The van der Waals surface area contributed by atoms with Crippen LogP contribution in [0.3, 0.4) is 0 Å². The molecule has 2 aromatic carbocycles. The molecule has 0 aliphatic heterocycles. The molecule has 3 amide bonds. The van der Waals surface area contributed by atoms with E-state index in [0.717, 1.165) is 5.56 Å². The Bertz CT molecular complexity index is 738. The minimum Gasteiger partial charge on any atom is -0.495 e. The molecule has 0 bridgehead atoms. The molecule has 1 unspecified atom stereocenters. The van der Waals surface area contributed by atoms with Crippen molar-refractivity contribution in [1.82, 2.24) is 10.6 Å². The fourth-order valence-corrected chi connectivity index (χ4v) is 2.37. The van der Waals surface area contributed by atoms with Crippen molar-refractivity contribution in [3.8, 4) is 5.75 Å². The zero-order valence-electron chi connectivity index (χ0n) is 14.0. The number of anilines is 1. The van der Waals surface area contributed by atoms with Crippen molar-refractivity contribution < 1.29 is 14.3 Å². The zero-order chi connectivity index (χ0) is 18.2. The van der Waals surface area contributed by atoms with Gasteiger partial charge in [-0.1, -0.05) is 41.9 Å². The van der Waals surface area contributed by atoms with Crippen molar-refractivity contribution in [3.63, 3.8) is 0 Å². The summed E-state index contributed by atoms with van der Waals surface area (Å²) in [5.74, 6) is 0.0992. The number of methoxy groups -OCH3 is 1. The number of nitrogens with one attached hydrogen (secondary N) is 3. The van der Waals surface area contributed by atoms with E-state index in [1.54, 1.807) is 25.1 Å². The van der Waals surface area contributed by atoms with Crippen LogP contribution < -0.4 is 20.7 Å². The molecular formula is C18H20ClN3O3. The first-order valence-corrected chi connectivity index (χ1v) is 8.10. The van der Waals surface area contributed by atoms with E-state index in [-0.39, 0.29) is 0 Å². The summed E-state index contributed by atoms with van der Waals surface area (Å²) in [6.07, 6.45) is 0. The van der Waals surface area contributed by atoms with Gasteiger partial charge in [-0.05, 0) is 30.7 Å². The third-order valence-electron chi connectivity index (χ3n) is 3.46. The van der Waals surface area contributed by atoms with Gasteiger partial charge in [0.2, 0.25) is 5.91 Å². The summed E-state index contributed by atoms with van der Waals surface area (Å²) in [4.78, 5) is 23.9. The summed E-state index contributed by atoms with van der Waals surface area (Å²) in [5, 5.41) is 8.35. The Morgan fingerprint density at radius 3 is 2.52 bits per heavy atom. The molecule has 0 heterocycles. The zero-order valence-corrected chi connectivity index (χ0v) is 14.8. The van der Waals surface area contributed by atoms with Crippen molar-refractivity contribution in [2.75, 3.05) is 12.4 Å². The average Bonchev–Trinajstić information content (AvgIpc) is 2.61. The second-order valence-electron chi connectivity index (χ2n) is 5.37. The molecular weight excluding hydrogens is 342 g/mol.